The first-order chi connectivity index (χ1) is 15.5. The van der Waals surface area contributed by atoms with Crippen molar-refractivity contribution in [3.05, 3.63) is 60.3 Å². The second-order valence-corrected chi connectivity index (χ2v) is 8.76. The summed E-state index contributed by atoms with van der Waals surface area (Å²) in [4.78, 5) is 40.3. The minimum absolute atomic E-state index is 0.0115. The highest BCUT2D eigenvalue weighted by Gasteiger charge is 2.37. The average molecular weight is 474 g/mol. The van der Waals surface area contributed by atoms with Crippen LogP contribution in [0, 0.1) is 0 Å². The van der Waals surface area contributed by atoms with Gasteiger partial charge in [-0.25, -0.2) is 14.4 Å². The fraction of sp³-hybridized carbons (Fsp3) is 0.318. The molecular weight excluding hydrogens is 453 g/mol. The van der Waals surface area contributed by atoms with Gasteiger partial charge in [-0.3, -0.25) is 19.5 Å². The Morgan fingerprint density at radius 3 is 2.38 bits per heavy atom. The molecule has 1 aliphatic rings. The van der Waals surface area contributed by atoms with Gasteiger partial charge in [0.25, 0.3) is 11.5 Å². The van der Waals surface area contributed by atoms with Crippen LogP contribution in [0.25, 0.3) is 10.4 Å². The minimum atomic E-state index is -2.32. The number of benzene rings is 1. The van der Waals surface area contributed by atoms with Crippen LogP contribution in [0.4, 0.5) is 10.1 Å². The molecule has 0 bridgehead atoms. The lowest BCUT2D eigenvalue weighted by molar-refractivity contribution is -0.128. The molecule has 166 valence electrons. The van der Waals surface area contributed by atoms with Gasteiger partial charge in [-0.05, 0) is 30.5 Å². The Morgan fingerprint density at radius 2 is 1.78 bits per heavy atom. The van der Waals surface area contributed by atoms with E-state index in [4.69, 9.17) is 11.6 Å². The number of rotatable bonds is 7. The van der Waals surface area contributed by atoms with Crippen molar-refractivity contribution in [2.45, 2.75) is 43.4 Å². The molecular formula is C22H21ClFN5O2S. The fourth-order valence-corrected chi connectivity index (χ4v) is 4.61. The van der Waals surface area contributed by atoms with Crippen LogP contribution in [-0.4, -0.2) is 38.4 Å². The molecule has 1 aliphatic carbocycles. The highest BCUT2D eigenvalue weighted by Crippen LogP contribution is 2.32. The van der Waals surface area contributed by atoms with E-state index in [1.807, 2.05) is 0 Å². The highest BCUT2D eigenvalue weighted by molar-refractivity contribution is 7.13. The Bertz CT molecular complexity index is 1040. The predicted molar refractivity (Wildman–Crippen MR) is 121 cm³/mol. The number of carbonyl (C=O) groups excluding carboxylic acids is 2. The third kappa shape index (κ3) is 4.94. The summed E-state index contributed by atoms with van der Waals surface area (Å²) in [7, 11) is 0. The molecule has 2 unspecified atom stereocenters. The molecule has 0 spiro atoms. The van der Waals surface area contributed by atoms with Crippen LogP contribution in [0.3, 0.4) is 0 Å². The lowest BCUT2D eigenvalue weighted by atomic mass is 10.0. The third-order valence-corrected chi connectivity index (χ3v) is 6.40. The van der Waals surface area contributed by atoms with E-state index in [-0.39, 0.29) is 6.04 Å². The van der Waals surface area contributed by atoms with Gasteiger partial charge in [0.2, 0.25) is 5.91 Å². The number of hydrogen-bond donors (Lipinski definition) is 1. The zero-order valence-electron chi connectivity index (χ0n) is 17.0. The molecule has 0 aliphatic heterocycles. The van der Waals surface area contributed by atoms with Crippen molar-refractivity contribution in [1.82, 2.24) is 20.3 Å². The van der Waals surface area contributed by atoms with Crippen molar-refractivity contribution in [2.75, 3.05) is 4.90 Å². The molecule has 3 aromatic rings. The number of nitrogens with one attached hydrogen (secondary N) is 1. The van der Waals surface area contributed by atoms with E-state index in [1.54, 1.807) is 36.0 Å². The van der Waals surface area contributed by atoms with Gasteiger partial charge in [0, 0.05) is 35.9 Å². The lowest BCUT2D eigenvalue weighted by Gasteiger charge is -2.32. The minimum Gasteiger partial charge on any atom is -0.351 e. The van der Waals surface area contributed by atoms with Crippen molar-refractivity contribution in [3.8, 4) is 10.4 Å². The summed E-state index contributed by atoms with van der Waals surface area (Å²) in [6.07, 6.45) is 9.73. The van der Waals surface area contributed by atoms with Gasteiger partial charge in [0.15, 0.2) is 0 Å². The Kier molecular flexibility index (Phi) is 7.06. The van der Waals surface area contributed by atoms with Gasteiger partial charge in [-0.2, -0.15) is 0 Å². The molecule has 0 saturated heterocycles. The maximum absolute atomic E-state index is 14.1. The number of thiazole rings is 1. The van der Waals surface area contributed by atoms with Crippen LogP contribution in [0.2, 0.25) is 0 Å². The van der Waals surface area contributed by atoms with Crippen LogP contribution < -0.4 is 10.2 Å². The summed E-state index contributed by atoms with van der Waals surface area (Å²) in [5, 5.41) is 2.99. The summed E-state index contributed by atoms with van der Waals surface area (Å²) >= 11 is 7.04. The quantitative estimate of drug-likeness (QED) is 0.518. The van der Waals surface area contributed by atoms with Gasteiger partial charge in [-0.1, -0.05) is 36.6 Å². The first kappa shape index (κ1) is 22.3. The summed E-state index contributed by atoms with van der Waals surface area (Å²) in [5.74, 6) is -1.46. The van der Waals surface area contributed by atoms with E-state index < -0.39 is 23.5 Å². The maximum Gasteiger partial charge on any atom is 0.278 e. The monoisotopic (exact) mass is 473 g/mol. The van der Waals surface area contributed by atoms with Crippen LogP contribution in [-0.2, 0) is 9.59 Å². The fourth-order valence-electron chi connectivity index (χ4n) is 3.87. The van der Waals surface area contributed by atoms with Crippen molar-refractivity contribution in [1.29, 1.82) is 0 Å². The van der Waals surface area contributed by atoms with Gasteiger partial charge in [-0.15, -0.1) is 11.3 Å². The molecule has 1 saturated carbocycles. The smallest absolute Gasteiger partial charge is 0.278 e. The molecule has 0 radical (unpaired) electrons. The molecule has 32 heavy (non-hydrogen) atoms. The van der Waals surface area contributed by atoms with Crippen LogP contribution in [0.15, 0.2) is 54.7 Å². The Morgan fingerprint density at radius 1 is 1.09 bits per heavy atom. The van der Waals surface area contributed by atoms with Crippen molar-refractivity contribution in [2.24, 2.45) is 0 Å². The average Bonchev–Trinajstić information content (AvgIpc) is 3.52. The largest absolute Gasteiger partial charge is 0.351 e. The number of anilines is 1. The Balaban J connectivity index is 1.73. The Hall–Kier alpha value is -2.91. The van der Waals surface area contributed by atoms with Crippen LogP contribution >= 0.6 is 22.9 Å². The van der Waals surface area contributed by atoms with Gasteiger partial charge in [0.1, 0.15) is 12.4 Å². The molecule has 7 nitrogen and oxygen atoms in total. The Labute approximate surface area is 193 Å². The van der Waals surface area contributed by atoms with E-state index in [9.17, 15) is 14.0 Å². The van der Waals surface area contributed by atoms with Crippen LogP contribution in [0.1, 0.15) is 37.3 Å². The molecule has 2 atom stereocenters. The molecule has 4 rings (SSSR count). The van der Waals surface area contributed by atoms with E-state index in [0.717, 1.165) is 41.0 Å². The number of halogens is 2. The SMILES string of the molecule is O=C(NC1CCCC1)C(c1cncnc1)N(C(=O)C(F)Cl)c1ccc(-c2cncs2)cc1. The zero-order chi connectivity index (χ0) is 22.5. The topological polar surface area (TPSA) is 88.1 Å². The van der Waals surface area contributed by atoms with Crippen molar-refractivity contribution >= 4 is 40.4 Å². The predicted octanol–water partition coefficient (Wildman–Crippen LogP) is 4.27. The number of alkyl halides is 2. The number of carbonyl (C=O) groups is 2. The van der Waals surface area contributed by atoms with Crippen molar-refractivity contribution in [3.63, 3.8) is 0 Å². The van der Waals surface area contributed by atoms with E-state index in [0.29, 0.717) is 11.3 Å². The summed E-state index contributed by atoms with van der Waals surface area (Å²) < 4.78 is 14.1. The number of aromatic nitrogens is 3. The normalized spacial score (nSPS) is 15.8. The second kappa shape index (κ2) is 10.1. The standard InChI is InChI=1S/C22H21ClFN5O2S/c23-20(24)22(31)29(17-7-5-14(6-8-17)18-11-27-13-32-18)19(15-9-25-12-26-10-15)21(30)28-16-3-1-2-4-16/h5-13,16,19-20H,1-4H2,(H,28,30). The van der Waals surface area contributed by atoms with E-state index in [2.05, 4.69) is 20.3 Å². The first-order valence-corrected chi connectivity index (χ1v) is 11.5. The van der Waals surface area contributed by atoms with Gasteiger partial charge < -0.3 is 5.32 Å². The van der Waals surface area contributed by atoms with Crippen molar-refractivity contribution < 1.29 is 14.0 Å². The molecule has 2 amide bonds. The summed E-state index contributed by atoms with van der Waals surface area (Å²) in [5.41, 5.74) is 0.991. The molecule has 2 heterocycles. The number of nitrogens with zero attached hydrogens (tertiary/aromatic N) is 4. The maximum atomic E-state index is 14.1. The summed E-state index contributed by atoms with van der Waals surface area (Å²) in [6.45, 7) is 0. The van der Waals surface area contributed by atoms with Gasteiger partial charge in [0.05, 0.1) is 10.4 Å². The zero-order valence-corrected chi connectivity index (χ0v) is 18.6. The van der Waals surface area contributed by atoms with E-state index >= 15 is 0 Å². The lowest BCUT2D eigenvalue weighted by Crippen LogP contribution is -2.48. The molecule has 1 N–H and O–H groups in total. The summed E-state index contributed by atoms with van der Waals surface area (Å²) in [6, 6.07) is 5.74. The second-order valence-electron chi connectivity index (χ2n) is 7.49. The first-order valence-electron chi connectivity index (χ1n) is 10.2. The number of amides is 2. The number of hydrogen-bond acceptors (Lipinski definition) is 6. The third-order valence-electron chi connectivity index (χ3n) is 5.39. The van der Waals surface area contributed by atoms with Crippen LogP contribution in [0.5, 0.6) is 0 Å². The highest BCUT2D eigenvalue weighted by atomic mass is 35.5. The molecule has 2 aromatic heterocycles. The van der Waals surface area contributed by atoms with Gasteiger partial charge >= 0.3 is 0 Å². The molecule has 10 heteroatoms. The molecule has 1 fully saturated rings. The molecule has 1 aromatic carbocycles. The van der Waals surface area contributed by atoms with E-state index in [1.165, 1.54) is 30.1 Å².